The van der Waals surface area contributed by atoms with Crippen molar-refractivity contribution in [1.82, 2.24) is 29.9 Å². The lowest BCUT2D eigenvalue weighted by atomic mass is 10.0. The molecular weight excluding hydrogens is 420 g/mol. The number of benzene rings is 2. The SMILES string of the molecule is Cc1nc2c([nH]1)=CC(c1nc3c([nH]1)=CC(c1nc4ccc(-c5ccccc5)cc4[nH]1)CC=3)CC=2. The third-order valence-corrected chi connectivity index (χ3v) is 6.84. The van der Waals surface area contributed by atoms with Gasteiger partial charge >= 0.3 is 0 Å². The summed E-state index contributed by atoms with van der Waals surface area (Å²) in [5.41, 5.74) is 4.47. The van der Waals surface area contributed by atoms with Gasteiger partial charge in [0.2, 0.25) is 0 Å². The van der Waals surface area contributed by atoms with Gasteiger partial charge in [0.15, 0.2) is 0 Å². The lowest BCUT2D eigenvalue weighted by Gasteiger charge is -2.09. The first kappa shape index (κ1) is 19.3. The minimum atomic E-state index is 0.192. The third-order valence-electron chi connectivity index (χ3n) is 6.84. The number of aromatic amines is 3. The van der Waals surface area contributed by atoms with Crippen molar-refractivity contribution in [1.29, 1.82) is 0 Å². The van der Waals surface area contributed by atoms with E-state index >= 15 is 0 Å². The van der Waals surface area contributed by atoms with Gasteiger partial charge in [-0.2, -0.15) is 0 Å². The van der Waals surface area contributed by atoms with Crippen molar-refractivity contribution in [2.24, 2.45) is 0 Å². The second-order valence-electron chi connectivity index (χ2n) is 9.19. The minimum absolute atomic E-state index is 0.192. The molecule has 3 aromatic heterocycles. The van der Waals surface area contributed by atoms with Crippen LogP contribution in [0.25, 0.3) is 46.5 Å². The third kappa shape index (κ3) is 3.22. The van der Waals surface area contributed by atoms with E-state index in [0.717, 1.165) is 62.7 Å². The van der Waals surface area contributed by atoms with Crippen molar-refractivity contribution in [3.05, 3.63) is 87.4 Å². The van der Waals surface area contributed by atoms with E-state index in [1.165, 1.54) is 11.1 Å². The zero-order valence-electron chi connectivity index (χ0n) is 18.8. The Morgan fingerprint density at radius 1 is 0.706 bits per heavy atom. The number of fused-ring (bicyclic) bond motifs is 3. The number of imidazole rings is 3. The maximum atomic E-state index is 4.91. The lowest BCUT2D eigenvalue weighted by Crippen LogP contribution is -2.28. The zero-order chi connectivity index (χ0) is 22.6. The molecule has 7 rings (SSSR count). The summed E-state index contributed by atoms with van der Waals surface area (Å²) < 4.78 is 0. The Kier molecular flexibility index (Phi) is 4.21. The van der Waals surface area contributed by atoms with E-state index in [9.17, 15) is 0 Å². The summed E-state index contributed by atoms with van der Waals surface area (Å²) in [6.45, 7) is 1.99. The molecule has 6 heteroatoms. The largest absolute Gasteiger partial charge is 0.342 e. The molecule has 0 aliphatic heterocycles. The molecule has 3 heterocycles. The van der Waals surface area contributed by atoms with Crippen molar-refractivity contribution >= 4 is 35.3 Å². The van der Waals surface area contributed by atoms with Crippen LogP contribution in [-0.2, 0) is 0 Å². The van der Waals surface area contributed by atoms with E-state index in [1.807, 2.05) is 13.0 Å². The Bertz CT molecular complexity index is 1780. The van der Waals surface area contributed by atoms with Crippen LogP contribution in [0.1, 0.15) is 42.2 Å². The Morgan fingerprint density at radius 2 is 1.41 bits per heavy atom. The number of nitrogens with zero attached hydrogens (tertiary/aromatic N) is 3. The highest BCUT2D eigenvalue weighted by atomic mass is 14.9. The summed E-state index contributed by atoms with van der Waals surface area (Å²) in [6.07, 6.45) is 10.7. The van der Waals surface area contributed by atoms with Gasteiger partial charge in [0, 0.05) is 11.8 Å². The van der Waals surface area contributed by atoms with Gasteiger partial charge in [-0.15, -0.1) is 0 Å². The van der Waals surface area contributed by atoms with Crippen LogP contribution >= 0.6 is 0 Å². The maximum Gasteiger partial charge on any atom is 0.114 e. The second-order valence-corrected chi connectivity index (χ2v) is 9.19. The molecule has 0 spiro atoms. The Labute approximate surface area is 195 Å². The summed E-state index contributed by atoms with van der Waals surface area (Å²) in [7, 11) is 0. The molecular formula is C28H24N6. The number of hydrogen-bond acceptors (Lipinski definition) is 3. The molecule has 2 atom stereocenters. The molecule has 0 radical (unpaired) electrons. The summed E-state index contributed by atoms with van der Waals surface area (Å²) in [5.74, 6) is 3.36. The number of hydrogen-bond donors (Lipinski definition) is 3. The van der Waals surface area contributed by atoms with Crippen LogP contribution in [-0.4, -0.2) is 29.9 Å². The lowest BCUT2D eigenvalue weighted by molar-refractivity contribution is 0.834. The van der Waals surface area contributed by atoms with Gasteiger partial charge in [0.25, 0.3) is 0 Å². The summed E-state index contributed by atoms with van der Waals surface area (Å²) in [6, 6.07) is 16.9. The number of aryl methyl sites for hydroxylation is 1. The molecule has 0 saturated heterocycles. The Hall–Kier alpha value is -4.19. The van der Waals surface area contributed by atoms with Crippen molar-refractivity contribution in [3.63, 3.8) is 0 Å². The smallest absolute Gasteiger partial charge is 0.114 e. The summed E-state index contributed by atoms with van der Waals surface area (Å²) in [5, 5.41) is 4.25. The quantitative estimate of drug-likeness (QED) is 0.400. The summed E-state index contributed by atoms with van der Waals surface area (Å²) in [4.78, 5) is 24.8. The average molecular weight is 445 g/mol. The van der Waals surface area contributed by atoms with Crippen LogP contribution < -0.4 is 21.4 Å². The van der Waals surface area contributed by atoms with Crippen LogP contribution in [0.4, 0.5) is 0 Å². The highest BCUT2D eigenvalue weighted by Crippen LogP contribution is 2.27. The molecule has 2 aliphatic carbocycles. The van der Waals surface area contributed by atoms with E-state index in [0.29, 0.717) is 0 Å². The molecule has 2 aromatic carbocycles. The standard InChI is InChI=1S/C28H24N6/c1-16-29-21-11-8-19(14-24(21)30-16)27-32-23-12-9-20(15-26(23)34-27)28-31-22-10-7-18(13-25(22)33-28)17-5-3-2-4-6-17/h2-7,10-15,19-20H,8-9H2,1H3,(H,29,30)(H,31,33)(H,32,34). The number of H-pyrrole nitrogens is 3. The average Bonchev–Trinajstić information content (AvgIpc) is 3.58. The molecule has 3 N–H and O–H groups in total. The first-order valence-corrected chi connectivity index (χ1v) is 11.8. The number of nitrogens with one attached hydrogen (secondary N) is 3. The van der Waals surface area contributed by atoms with Crippen LogP contribution in [0, 0.1) is 6.92 Å². The Morgan fingerprint density at radius 3 is 2.21 bits per heavy atom. The second kappa shape index (κ2) is 7.42. The molecule has 2 unspecified atom stereocenters. The predicted molar refractivity (Wildman–Crippen MR) is 135 cm³/mol. The van der Waals surface area contributed by atoms with E-state index in [4.69, 9.17) is 9.97 Å². The minimum Gasteiger partial charge on any atom is -0.342 e. The highest BCUT2D eigenvalue weighted by Gasteiger charge is 2.19. The van der Waals surface area contributed by atoms with Gasteiger partial charge in [-0.25, -0.2) is 15.0 Å². The fourth-order valence-corrected chi connectivity index (χ4v) is 5.10. The van der Waals surface area contributed by atoms with Crippen molar-refractivity contribution < 1.29 is 0 Å². The fraction of sp³-hybridized carbons (Fsp3) is 0.179. The van der Waals surface area contributed by atoms with Gasteiger partial charge in [-0.05, 0) is 55.2 Å². The normalized spacial score (nSPS) is 18.9. The fourth-order valence-electron chi connectivity index (χ4n) is 5.10. The first-order chi connectivity index (χ1) is 16.7. The van der Waals surface area contributed by atoms with Crippen LogP contribution in [0.5, 0.6) is 0 Å². The highest BCUT2D eigenvalue weighted by molar-refractivity contribution is 5.82. The molecule has 0 fully saturated rings. The monoisotopic (exact) mass is 444 g/mol. The van der Waals surface area contributed by atoms with Crippen LogP contribution in [0.15, 0.2) is 48.5 Å². The van der Waals surface area contributed by atoms with Gasteiger partial charge < -0.3 is 15.0 Å². The number of rotatable bonds is 3. The maximum absolute atomic E-state index is 4.91. The predicted octanol–water partition coefficient (Wildman–Crippen LogP) is 2.48. The van der Waals surface area contributed by atoms with Crippen molar-refractivity contribution in [2.45, 2.75) is 31.6 Å². The Balaban J connectivity index is 1.21. The van der Waals surface area contributed by atoms with E-state index in [2.05, 4.69) is 86.7 Å². The molecule has 166 valence electrons. The molecule has 0 saturated carbocycles. The van der Waals surface area contributed by atoms with Crippen molar-refractivity contribution in [3.8, 4) is 11.1 Å². The topological polar surface area (TPSA) is 86.0 Å². The molecule has 5 aromatic rings. The molecule has 0 bridgehead atoms. The van der Waals surface area contributed by atoms with Crippen LogP contribution in [0.3, 0.4) is 0 Å². The summed E-state index contributed by atoms with van der Waals surface area (Å²) >= 11 is 0. The van der Waals surface area contributed by atoms with E-state index in [-0.39, 0.29) is 11.8 Å². The van der Waals surface area contributed by atoms with Gasteiger partial charge in [-0.1, -0.05) is 48.6 Å². The molecule has 34 heavy (non-hydrogen) atoms. The number of aromatic nitrogens is 6. The molecule has 0 amide bonds. The zero-order valence-corrected chi connectivity index (χ0v) is 18.8. The van der Waals surface area contributed by atoms with Gasteiger partial charge in [0.1, 0.15) is 17.5 Å². The van der Waals surface area contributed by atoms with Gasteiger partial charge in [0.05, 0.1) is 32.4 Å². The van der Waals surface area contributed by atoms with E-state index < -0.39 is 0 Å². The van der Waals surface area contributed by atoms with Crippen LogP contribution in [0.2, 0.25) is 0 Å². The molecule has 6 nitrogen and oxygen atoms in total. The molecule has 2 aliphatic rings. The van der Waals surface area contributed by atoms with Gasteiger partial charge in [-0.3, -0.25) is 0 Å². The van der Waals surface area contributed by atoms with E-state index in [1.54, 1.807) is 0 Å². The van der Waals surface area contributed by atoms with Crippen molar-refractivity contribution in [2.75, 3.05) is 0 Å². The first-order valence-electron chi connectivity index (χ1n) is 11.8.